The Morgan fingerprint density at radius 3 is 2.69 bits per heavy atom. The maximum atomic E-state index is 13.1. The molecule has 7 nitrogen and oxygen atoms in total. The summed E-state index contributed by atoms with van der Waals surface area (Å²) in [5.74, 6) is 0.740. The van der Waals surface area contributed by atoms with Crippen molar-refractivity contribution in [1.82, 2.24) is 24.8 Å². The summed E-state index contributed by atoms with van der Waals surface area (Å²) < 4.78 is 21.9. The maximum Gasteiger partial charge on any atom is 0.156 e. The van der Waals surface area contributed by atoms with Crippen LogP contribution >= 0.6 is 0 Å². The van der Waals surface area contributed by atoms with Gasteiger partial charge >= 0.3 is 0 Å². The van der Waals surface area contributed by atoms with Crippen LogP contribution in [-0.2, 0) is 6.61 Å². The number of aliphatic hydroxyl groups excluding tert-OH is 1. The predicted octanol–water partition coefficient (Wildman–Crippen LogP) is 2.96. The lowest BCUT2D eigenvalue weighted by molar-refractivity contribution is 0.248. The van der Waals surface area contributed by atoms with E-state index in [4.69, 9.17) is 9.52 Å². The molecule has 4 aromatic rings. The van der Waals surface area contributed by atoms with Crippen LogP contribution in [0.2, 0.25) is 0 Å². The van der Waals surface area contributed by atoms with E-state index in [0.717, 1.165) is 11.3 Å². The number of nitrogens with zero attached hydrogens (tertiary/aromatic N) is 5. The molecule has 8 heteroatoms. The van der Waals surface area contributed by atoms with E-state index >= 15 is 0 Å². The number of rotatable bonds is 5. The Morgan fingerprint density at radius 2 is 1.96 bits per heavy atom. The molecule has 0 bridgehead atoms. The highest BCUT2D eigenvalue weighted by atomic mass is 19.1. The van der Waals surface area contributed by atoms with E-state index in [2.05, 4.69) is 15.4 Å². The van der Waals surface area contributed by atoms with Gasteiger partial charge in [-0.1, -0.05) is 5.21 Å². The number of aliphatic hydroxyl groups is 1. The molecule has 1 N–H and O–H groups in total. The first kappa shape index (κ1) is 16.2. The number of aromatic nitrogens is 5. The standard InChI is InChI=1S/C18H16FN5O2/c1-12(13-8-20-24(9-13)15-4-2-14(19)3-5-15)23-10-17(21-22-23)18-7-6-16(11-25)26-18/h2-10,12,25H,11H2,1H3. The molecule has 0 aliphatic heterocycles. The smallest absolute Gasteiger partial charge is 0.156 e. The molecule has 0 saturated carbocycles. The molecule has 0 spiro atoms. The zero-order chi connectivity index (χ0) is 18.1. The second-order valence-electron chi connectivity index (χ2n) is 5.88. The molecule has 0 saturated heterocycles. The minimum Gasteiger partial charge on any atom is -0.457 e. The molecular weight excluding hydrogens is 337 g/mol. The Balaban J connectivity index is 1.56. The van der Waals surface area contributed by atoms with E-state index in [-0.39, 0.29) is 18.5 Å². The molecule has 0 aliphatic rings. The fourth-order valence-electron chi connectivity index (χ4n) is 2.62. The van der Waals surface area contributed by atoms with Crippen LogP contribution in [0.15, 0.2) is 59.4 Å². The molecule has 3 heterocycles. The first-order chi connectivity index (χ1) is 12.6. The Hall–Kier alpha value is -3.26. The summed E-state index contributed by atoms with van der Waals surface area (Å²) in [6.07, 6.45) is 5.39. The van der Waals surface area contributed by atoms with Gasteiger partial charge in [0.05, 0.1) is 24.1 Å². The van der Waals surface area contributed by atoms with E-state index in [9.17, 15) is 4.39 Å². The summed E-state index contributed by atoms with van der Waals surface area (Å²) in [5.41, 5.74) is 2.29. The van der Waals surface area contributed by atoms with Gasteiger partial charge in [-0.05, 0) is 43.3 Å². The van der Waals surface area contributed by atoms with E-state index in [1.54, 1.807) is 46.0 Å². The third-order valence-corrected chi connectivity index (χ3v) is 4.15. The van der Waals surface area contributed by atoms with Crippen molar-refractivity contribution in [1.29, 1.82) is 0 Å². The van der Waals surface area contributed by atoms with Gasteiger partial charge in [-0.2, -0.15) is 5.10 Å². The lowest BCUT2D eigenvalue weighted by Gasteiger charge is -2.08. The van der Waals surface area contributed by atoms with Gasteiger partial charge in [-0.15, -0.1) is 5.10 Å². The highest BCUT2D eigenvalue weighted by Gasteiger charge is 2.15. The average Bonchev–Trinajstić information content (AvgIpc) is 3.40. The van der Waals surface area contributed by atoms with Crippen LogP contribution < -0.4 is 0 Å². The molecule has 0 amide bonds. The number of hydrogen-bond donors (Lipinski definition) is 1. The van der Waals surface area contributed by atoms with E-state index in [1.807, 2.05) is 13.1 Å². The van der Waals surface area contributed by atoms with Gasteiger partial charge in [0.15, 0.2) is 5.76 Å². The van der Waals surface area contributed by atoms with Gasteiger partial charge in [-0.25, -0.2) is 13.8 Å². The fourth-order valence-corrected chi connectivity index (χ4v) is 2.62. The second-order valence-corrected chi connectivity index (χ2v) is 5.88. The summed E-state index contributed by atoms with van der Waals surface area (Å²) in [7, 11) is 0. The fraction of sp³-hybridized carbons (Fsp3) is 0.167. The van der Waals surface area contributed by atoms with Crippen molar-refractivity contribution in [2.75, 3.05) is 0 Å². The molecule has 4 rings (SSSR count). The van der Waals surface area contributed by atoms with Gasteiger partial charge in [0.1, 0.15) is 23.9 Å². The highest BCUT2D eigenvalue weighted by Crippen LogP contribution is 2.23. The SMILES string of the molecule is CC(c1cnn(-c2ccc(F)cc2)c1)n1cc(-c2ccc(CO)o2)nn1. The minimum absolute atomic E-state index is 0.0993. The third kappa shape index (κ3) is 3.02. The first-order valence-electron chi connectivity index (χ1n) is 8.06. The van der Waals surface area contributed by atoms with Crippen molar-refractivity contribution < 1.29 is 13.9 Å². The number of furan rings is 1. The number of halogens is 1. The Bertz CT molecular complexity index is 1020. The largest absolute Gasteiger partial charge is 0.457 e. The van der Waals surface area contributed by atoms with Crippen LogP contribution in [0, 0.1) is 5.82 Å². The summed E-state index contributed by atoms with van der Waals surface area (Å²) in [6, 6.07) is 9.47. The lowest BCUT2D eigenvalue weighted by atomic mass is 10.2. The van der Waals surface area contributed by atoms with Crippen LogP contribution in [0.5, 0.6) is 0 Å². The number of hydrogen-bond acceptors (Lipinski definition) is 5. The Kier molecular flexibility index (Phi) is 4.10. The van der Waals surface area contributed by atoms with Crippen LogP contribution in [0.25, 0.3) is 17.1 Å². The Labute approximate surface area is 148 Å². The first-order valence-corrected chi connectivity index (χ1v) is 8.06. The monoisotopic (exact) mass is 353 g/mol. The third-order valence-electron chi connectivity index (χ3n) is 4.15. The topological polar surface area (TPSA) is 81.9 Å². The molecule has 1 unspecified atom stereocenters. The van der Waals surface area contributed by atoms with Crippen LogP contribution in [0.3, 0.4) is 0 Å². The van der Waals surface area contributed by atoms with Crippen molar-refractivity contribution in [3.05, 3.63) is 72.1 Å². The zero-order valence-corrected chi connectivity index (χ0v) is 14.0. The molecule has 1 aromatic carbocycles. The van der Waals surface area contributed by atoms with Gasteiger partial charge in [0, 0.05) is 11.8 Å². The van der Waals surface area contributed by atoms with Crippen LogP contribution in [-0.4, -0.2) is 29.9 Å². The van der Waals surface area contributed by atoms with E-state index in [1.165, 1.54) is 12.1 Å². The molecule has 0 radical (unpaired) electrons. The van der Waals surface area contributed by atoms with Crippen molar-refractivity contribution in [2.45, 2.75) is 19.6 Å². The van der Waals surface area contributed by atoms with Crippen molar-refractivity contribution >= 4 is 0 Å². The van der Waals surface area contributed by atoms with Gasteiger partial charge in [0.2, 0.25) is 0 Å². The second kappa shape index (κ2) is 6.57. The molecule has 26 heavy (non-hydrogen) atoms. The summed E-state index contributed by atoms with van der Waals surface area (Å²) in [6.45, 7) is 1.82. The lowest BCUT2D eigenvalue weighted by Crippen LogP contribution is -2.06. The molecular formula is C18H16FN5O2. The van der Waals surface area contributed by atoms with E-state index in [0.29, 0.717) is 17.2 Å². The van der Waals surface area contributed by atoms with Gasteiger partial charge < -0.3 is 9.52 Å². The maximum absolute atomic E-state index is 13.1. The molecule has 0 fully saturated rings. The summed E-state index contributed by atoms with van der Waals surface area (Å²) in [5, 5.41) is 21.7. The molecule has 0 aliphatic carbocycles. The van der Waals surface area contributed by atoms with Crippen molar-refractivity contribution in [3.63, 3.8) is 0 Å². The molecule has 3 aromatic heterocycles. The average molecular weight is 353 g/mol. The van der Waals surface area contributed by atoms with Crippen LogP contribution in [0.4, 0.5) is 4.39 Å². The predicted molar refractivity (Wildman–Crippen MR) is 91.0 cm³/mol. The van der Waals surface area contributed by atoms with Gasteiger partial charge in [-0.3, -0.25) is 0 Å². The summed E-state index contributed by atoms with van der Waals surface area (Å²) in [4.78, 5) is 0. The molecule has 1 atom stereocenters. The Morgan fingerprint density at radius 1 is 1.15 bits per heavy atom. The minimum atomic E-state index is -0.285. The van der Waals surface area contributed by atoms with Gasteiger partial charge in [0.25, 0.3) is 0 Å². The number of benzene rings is 1. The zero-order valence-electron chi connectivity index (χ0n) is 14.0. The van der Waals surface area contributed by atoms with Crippen LogP contribution in [0.1, 0.15) is 24.3 Å². The van der Waals surface area contributed by atoms with Crippen molar-refractivity contribution in [2.24, 2.45) is 0 Å². The molecule has 132 valence electrons. The quantitative estimate of drug-likeness (QED) is 0.596. The normalized spacial score (nSPS) is 12.4. The van der Waals surface area contributed by atoms with E-state index < -0.39 is 0 Å². The summed E-state index contributed by atoms with van der Waals surface area (Å²) >= 11 is 0. The van der Waals surface area contributed by atoms with Crippen molar-refractivity contribution in [3.8, 4) is 17.1 Å². The highest BCUT2D eigenvalue weighted by molar-refractivity contribution is 5.50.